The lowest BCUT2D eigenvalue weighted by molar-refractivity contribution is -0.275. The zero-order valence-corrected chi connectivity index (χ0v) is 35.5. The summed E-state index contributed by atoms with van der Waals surface area (Å²) in [6, 6.07) is 24.9. The molecule has 3 heterocycles. The van der Waals surface area contributed by atoms with Gasteiger partial charge in [-0.15, -0.1) is 26.3 Å². The number of halogens is 10. The van der Waals surface area contributed by atoms with Gasteiger partial charge in [0.1, 0.15) is 48.0 Å². The second-order valence-electron chi connectivity index (χ2n) is 14.0. The van der Waals surface area contributed by atoms with Crippen molar-refractivity contribution >= 4 is 23.5 Å². The molecule has 7 aromatic rings. The van der Waals surface area contributed by atoms with E-state index in [0.29, 0.717) is 41.9 Å². The summed E-state index contributed by atoms with van der Waals surface area (Å²) in [7, 11) is 0. The maximum Gasteiger partial charge on any atom is 0.573 e. The molecule has 0 saturated heterocycles. The maximum absolute atomic E-state index is 14.1. The molecule has 0 fully saturated rings. The number of rotatable bonds is 14. The molecule has 2 N–H and O–H groups in total. The first-order valence-electron chi connectivity index (χ1n) is 19.8. The summed E-state index contributed by atoms with van der Waals surface area (Å²) in [5.74, 6) is -9.43. The molecule has 0 radical (unpaired) electrons. The number of carbonyl (C=O) groups is 4. The number of nitrogens with zero attached hydrogens (tertiary/aromatic N) is 4. The third-order valence-electron chi connectivity index (χ3n) is 8.65. The molecular formula is C47H33F10N5O8. The van der Waals surface area contributed by atoms with E-state index in [0.717, 1.165) is 40.8 Å². The first-order valence-corrected chi connectivity index (χ1v) is 19.8. The van der Waals surface area contributed by atoms with Crippen molar-refractivity contribution in [3.05, 3.63) is 191 Å². The van der Waals surface area contributed by atoms with Crippen LogP contribution in [0, 0.1) is 23.3 Å². The molecule has 7 rings (SSSR count). The Morgan fingerprint density at radius 2 is 1.11 bits per heavy atom. The number of pyridine rings is 2. The van der Waals surface area contributed by atoms with Crippen LogP contribution in [0.3, 0.4) is 0 Å². The second kappa shape index (κ2) is 24.0. The third kappa shape index (κ3) is 17.0. The Balaban J connectivity index is 0.000000225. The highest BCUT2D eigenvalue weighted by molar-refractivity contribution is 6.38. The largest absolute Gasteiger partial charge is 0.573 e. The summed E-state index contributed by atoms with van der Waals surface area (Å²) < 4.78 is 146. The molecule has 4 aromatic carbocycles. The van der Waals surface area contributed by atoms with Crippen LogP contribution in [-0.2, 0) is 38.8 Å². The zero-order chi connectivity index (χ0) is 51.0. The number of benzene rings is 4. The molecule has 0 saturated carbocycles. The van der Waals surface area contributed by atoms with E-state index in [4.69, 9.17) is 15.2 Å². The first-order chi connectivity index (χ1) is 33.1. The van der Waals surface area contributed by atoms with E-state index in [9.17, 15) is 63.1 Å². The summed E-state index contributed by atoms with van der Waals surface area (Å²) in [5, 5.41) is 4.09. The molecule has 70 heavy (non-hydrogen) atoms. The molecule has 13 nitrogen and oxygen atoms in total. The van der Waals surface area contributed by atoms with Gasteiger partial charge in [0.2, 0.25) is 5.78 Å². The van der Waals surface area contributed by atoms with Crippen LogP contribution in [0.15, 0.2) is 140 Å². The number of aromatic nitrogens is 4. The minimum atomic E-state index is -5.08. The monoisotopic (exact) mass is 985 g/mol. The molecule has 0 unspecified atom stereocenters. The van der Waals surface area contributed by atoms with Crippen LogP contribution >= 0.6 is 0 Å². The smallest absolute Gasteiger partial charge is 0.456 e. The van der Waals surface area contributed by atoms with Gasteiger partial charge in [-0.1, -0.05) is 60.7 Å². The molecule has 0 bridgehead atoms. The van der Waals surface area contributed by atoms with Gasteiger partial charge in [-0.05, 0) is 53.1 Å². The number of carbonyl (C=O) groups excluding carboxylic acids is 4. The molecule has 0 aliphatic carbocycles. The van der Waals surface area contributed by atoms with Crippen molar-refractivity contribution in [2.75, 3.05) is 0 Å². The average molecular weight is 986 g/mol. The van der Waals surface area contributed by atoms with Gasteiger partial charge in [-0.25, -0.2) is 31.8 Å². The highest BCUT2D eigenvalue weighted by atomic mass is 19.4. The predicted octanol–water partition coefficient (Wildman–Crippen LogP) is 9.76. The van der Waals surface area contributed by atoms with Crippen LogP contribution in [0.25, 0.3) is 16.9 Å². The van der Waals surface area contributed by atoms with Crippen LogP contribution in [0.5, 0.6) is 11.5 Å². The normalized spacial score (nSPS) is 11.0. The second-order valence-corrected chi connectivity index (χ2v) is 14.0. The molecule has 0 spiro atoms. The van der Waals surface area contributed by atoms with Gasteiger partial charge in [0.15, 0.2) is 11.5 Å². The quantitative estimate of drug-likeness (QED) is 0.0360. The van der Waals surface area contributed by atoms with Crippen molar-refractivity contribution < 1.29 is 82.0 Å². The van der Waals surface area contributed by atoms with Crippen LogP contribution in [-0.4, -0.2) is 56.0 Å². The van der Waals surface area contributed by atoms with E-state index >= 15 is 0 Å². The molecule has 0 atom stereocenters. The standard InChI is InChI=1S/C23H14F5N3O3.C18H12F4O5.C6H7FN2/c24-16-6-15(7-19(9-16)34-23(26,27)28)21-10-20(22(32)33-13-14-4-2-1-3-5-14)30-31(21)18-8-17(25)11-29-12-18;19-13-6-12(7-14(8-13)27-18(20,21)22)15(23)9-16(24)17(25)26-10-11-4-2-1-3-5-11;7-6-1-5(2-8)3-9-4-6/h1-12H,13H2;1-8H,9-10H2;1,3-4H,2,8H2. The summed E-state index contributed by atoms with van der Waals surface area (Å²) in [6.07, 6.45) is -6.27. The predicted molar refractivity (Wildman–Crippen MR) is 224 cm³/mol. The average Bonchev–Trinajstić information content (AvgIpc) is 3.76. The molecule has 3 aromatic heterocycles. The summed E-state index contributed by atoms with van der Waals surface area (Å²) in [5.41, 5.74) is 6.38. The summed E-state index contributed by atoms with van der Waals surface area (Å²) >= 11 is 0. The number of esters is 2. The topological polar surface area (TPSA) is 175 Å². The lowest BCUT2D eigenvalue weighted by Gasteiger charge is -2.12. The Morgan fingerprint density at radius 1 is 0.571 bits per heavy atom. The number of hydrogen-bond acceptors (Lipinski definition) is 12. The SMILES string of the molecule is NCc1cncc(F)c1.O=C(CC(=O)c1cc(F)cc(OC(F)(F)F)c1)C(=O)OCc1ccccc1.O=C(OCc1ccccc1)c1cc(-c2cc(F)cc(OC(F)(F)F)c2)n(-c2cncc(F)c2)n1. The first kappa shape index (κ1) is 52.5. The van der Waals surface area contributed by atoms with E-state index in [1.54, 1.807) is 66.9 Å². The molecule has 0 amide bonds. The number of ketones is 2. The molecule has 0 aliphatic heterocycles. The van der Waals surface area contributed by atoms with Crippen molar-refractivity contribution in [1.82, 2.24) is 19.7 Å². The van der Waals surface area contributed by atoms with Crippen LogP contribution in [0.2, 0.25) is 0 Å². The highest BCUT2D eigenvalue weighted by Gasteiger charge is 2.33. The van der Waals surface area contributed by atoms with Crippen LogP contribution < -0.4 is 15.2 Å². The number of nitrogens with two attached hydrogens (primary N) is 1. The highest BCUT2D eigenvalue weighted by Crippen LogP contribution is 2.32. The number of hydrogen-bond donors (Lipinski definition) is 1. The van der Waals surface area contributed by atoms with Crippen molar-refractivity contribution in [3.8, 4) is 28.4 Å². The van der Waals surface area contributed by atoms with Gasteiger partial charge in [-0.3, -0.25) is 19.6 Å². The van der Waals surface area contributed by atoms with Crippen molar-refractivity contribution in [1.29, 1.82) is 0 Å². The van der Waals surface area contributed by atoms with E-state index < -0.39 is 77.2 Å². The zero-order valence-electron chi connectivity index (χ0n) is 35.5. The van der Waals surface area contributed by atoms with E-state index in [1.165, 1.54) is 18.3 Å². The number of Topliss-reactive ketones (excluding diaryl/α,β-unsaturated/α-hetero) is 2. The summed E-state index contributed by atoms with van der Waals surface area (Å²) in [4.78, 5) is 55.3. The molecular weight excluding hydrogens is 953 g/mol. The fraction of sp³-hybridized carbons (Fsp3) is 0.128. The molecule has 23 heteroatoms. The van der Waals surface area contributed by atoms with Crippen molar-refractivity contribution in [2.45, 2.75) is 38.9 Å². The number of alkyl halides is 6. The lowest BCUT2D eigenvalue weighted by atomic mass is 10.1. The Bertz CT molecular complexity index is 2920. The van der Waals surface area contributed by atoms with Gasteiger partial charge in [0.05, 0.1) is 36.4 Å². The fourth-order valence-corrected chi connectivity index (χ4v) is 5.71. The fourth-order valence-electron chi connectivity index (χ4n) is 5.71. The van der Waals surface area contributed by atoms with Gasteiger partial charge in [-0.2, -0.15) is 5.10 Å². The Labute approximate surface area is 389 Å². The molecule has 0 aliphatic rings. The van der Waals surface area contributed by atoms with Gasteiger partial charge in [0.25, 0.3) is 0 Å². The molecule has 364 valence electrons. The lowest BCUT2D eigenvalue weighted by Crippen LogP contribution is -2.21. The van der Waals surface area contributed by atoms with E-state index in [-0.39, 0.29) is 41.7 Å². The van der Waals surface area contributed by atoms with E-state index in [1.807, 2.05) is 0 Å². The minimum Gasteiger partial charge on any atom is -0.456 e. The Kier molecular flexibility index (Phi) is 18.0. The van der Waals surface area contributed by atoms with Gasteiger partial charge < -0.3 is 24.7 Å². The maximum atomic E-state index is 14.1. The third-order valence-corrected chi connectivity index (χ3v) is 8.65. The van der Waals surface area contributed by atoms with Crippen LogP contribution in [0.4, 0.5) is 43.9 Å². The van der Waals surface area contributed by atoms with Crippen molar-refractivity contribution in [3.63, 3.8) is 0 Å². The Morgan fingerprint density at radius 3 is 1.66 bits per heavy atom. The van der Waals surface area contributed by atoms with Crippen molar-refractivity contribution in [2.24, 2.45) is 5.73 Å². The van der Waals surface area contributed by atoms with E-state index in [2.05, 4.69) is 24.5 Å². The van der Waals surface area contributed by atoms with Gasteiger partial charge in [0, 0.05) is 42.1 Å². The number of ether oxygens (including phenoxy) is 4. The Hall–Kier alpha value is -8.47. The van der Waals surface area contributed by atoms with Crippen LogP contribution in [0.1, 0.15) is 44.0 Å². The summed E-state index contributed by atoms with van der Waals surface area (Å²) in [6.45, 7) is 0.0841. The van der Waals surface area contributed by atoms with Gasteiger partial charge >= 0.3 is 24.7 Å². The minimum absolute atomic E-state index is 0.0226.